The number of benzene rings is 3. The molecule has 1 saturated heterocycles. The Balaban J connectivity index is 1.96. The fourth-order valence-corrected chi connectivity index (χ4v) is 9.58. The first-order chi connectivity index (χ1) is 14.1. The van der Waals surface area contributed by atoms with Gasteiger partial charge in [0, 0.05) is 19.5 Å². The van der Waals surface area contributed by atoms with Gasteiger partial charge in [0.1, 0.15) is 23.2 Å². The highest BCUT2D eigenvalue weighted by molar-refractivity contribution is 7.96. The SMILES string of the molecule is CC(C)CN1CC[C@@H]([P+](c2ccccc2)(c2ccccc2)c2ccccc2)C1=O. The number of carbonyl (C=O) groups excluding carboxylic acids is 1. The maximum absolute atomic E-state index is 13.8. The molecule has 2 nitrogen and oxygen atoms in total. The van der Waals surface area contributed by atoms with E-state index in [2.05, 4.69) is 110 Å². The van der Waals surface area contributed by atoms with E-state index in [9.17, 15) is 4.79 Å². The van der Waals surface area contributed by atoms with E-state index < -0.39 is 7.26 Å². The molecule has 4 rings (SSSR count). The summed E-state index contributed by atoms with van der Waals surface area (Å²) < 4.78 is 0. The number of rotatable bonds is 6. The average molecular weight is 402 g/mol. The maximum Gasteiger partial charge on any atom is 0.264 e. The molecule has 148 valence electrons. The van der Waals surface area contributed by atoms with E-state index in [1.54, 1.807) is 0 Å². The summed E-state index contributed by atoms with van der Waals surface area (Å²) in [5, 5.41) is 3.88. The number of hydrogen-bond donors (Lipinski definition) is 0. The summed E-state index contributed by atoms with van der Waals surface area (Å²) in [6.45, 7) is 6.08. The van der Waals surface area contributed by atoms with Crippen molar-refractivity contribution in [2.75, 3.05) is 13.1 Å². The molecule has 0 aromatic heterocycles. The molecule has 0 bridgehead atoms. The first-order valence-corrected chi connectivity index (χ1v) is 12.3. The zero-order chi connectivity index (χ0) is 20.3. The van der Waals surface area contributed by atoms with Crippen LogP contribution in [-0.2, 0) is 4.79 Å². The van der Waals surface area contributed by atoms with Crippen LogP contribution in [0.4, 0.5) is 0 Å². The van der Waals surface area contributed by atoms with Gasteiger partial charge >= 0.3 is 0 Å². The molecule has 3 heteroatoms. The summed E-state index contributed by atoms with van der Waals surface area (Å²) in [5.41, 5.74) is -0.00606. The Labute approximate surface area is 174 Å². The van der Waals surface area contributed by atoms with E-state index in [1.165, 1.54) is 15.9 Å². The summed E-state index contributed by atoms with van der Waals surface area (Å²) in [4.78, 5) is 15.9. The van der Waals surface area contributed by atoms with Crippen molar-refractivity contribution in [1.82, 2.24) is 4.90 Å². The van der Waals surface area contributed by atoms with Crippen molar-refractivity contribution in [2.24, 2.45) is 5.92 Å². The highest BCUT2D eigenvalue weighted by Crippen LogP contribution is 2.62. The van der Waals surface area contributed by atoms with Gasteiger partial charge in [0.2, 0.25) is 0 Å². The van der Waals surface area contributed by atoms with Gasteiger partial charge in [0.05, 0.1) is 0 Å². The lowest BCUT2D eigenvalue weighted by atomic mass is 10.2. The standard InChI is InChI=1S/C26H29NOP/c1-21(2)20-27-19-18-25(26(27)28)29(22-12-6-3-7-13-22,23-14-8-4-9-15-23)24-16-10-5-11-17-24/h3-17,21,25H,18-20H2,1-2H3/q+1/t25-/m1/s1. The third-order valence-electron chi connectivity index (χ3n) is 5.81. The van der Waals surface area contributed by atoms with Gasteiger partial charge in [0.25, 0.3) is 5.91 Å². The van der Waals surface area contributed by atoms with Crippen LogP contribution in [0, 0.1) is 5.92 Å². The predicted molar refractivity (Wildman–Crippen MR) is 125 cm³/mol. The van der Waals surface area contributed by atoms with Gasteiger partial charge in [-0.1, -0.05) is 68.4 Å². The highest BCUT2D eigenvalue weighted by Gasteiger charge is 2.58. The van der Waals surface area contributed by atoms with E-state index in [-0.39, 0.29) is 5.66 Å². The first kappa shape index (κ1) is 19.9. The molecule has 0 N–H and O–H groups in total. The van der Waals surface area contributed by atoms with E-state index >= 15 is 0 Å². The van der Waals surface area contributed by atoms with Crippen LogP contribution in [0.3, 0.4) is 0 Å². The van der Waals surface area contributed by atoms with Gasteiger partial charge in [-0.25, -0.2) is 0 Å². The third-order valence-corrected chi connectivity index (χ3v) is 10.6. The fraction of sp³-hybridized carbons (Fsp3) is 0.269. The first-order valence-electron chi connectivity index (χ1n) is 10.5. The van der Waals surface area contributed by atoms with E-state index in [0.717, 1.165) is 19.5 Å². The molecule has 1 amide bonds. The van der Waals surface area contributed by atoms with Crippen LogP contribution in [0.5, 0.6) is 0 Å². The molecular formula is C26H29NOP+. The molecule has 0 saturated carbocycles. The second-order valence-corrected chi connectivity index (χ2v) is 11.8. The quantitative estimate of drug-likeness (QED) is 0.565. The molecule has 29 heavy (non-hydrogen) atoms. The molecule has 1 aliphatic rings. The van der Waals surface area contributed by atoms with Gasteiger partial charge in [0.15, 0.2) is 5.66 Å². The van der Waals surface area contributed by atoms with Crippen LogP contribution in [0.1, 0.15) is 20.3 Å². The predicted octanol–water partition coefficient (Wildman–Crippen LogP) is 4.24. The van der Waals surface area contributed by atoms with E-state index in [4.69, 9.17) is 0 Å². The minimum atomic E-state index is -2.13. The van der Waals surface area contributed by atoms with Gasteiger partial charge in [-0.2, -0.15) is 0 Å². The van der Waals surface area contributed by atoms with Crippen LogP contribution in [0.15, 0.2) is 91.0 Å². The van der Waals surface area contributed by atoms with Gasteiger partial charge in [-0.3, -0.25) is 4.79 Å². The second-order valence-electron chi connectivity index (χ2n) is 8.21. The van der Waals surface area contributed by atoms with Crippen LogP contribution < -0.4 is 15.9 Å². The number of hydrogen-bond acceptors (Lipinski definition) is 1. The monoisotopic (exact) mass is 402 g/mol. The van der Waals surface area contributed by atoms with Crippen LogP contribution >= 0.6 is 7.26 Å². The maximum atomic E-state index is 13.8. The summed E-state index contributed by atoms with van der Waals surface area (Å²) in [6, 6.07) is 32.2. The lowest BCUT2D eigenvalue weighted by Gasteiger charge is -2.32. The summed E-state index contributed by atoms with van der Waals surface area (Å²) in [6.07, 6.45) is 0.915. The van der Waals surface area contributed by atoms with Crippen molar-refractivity contribution in [3.63, 3.8) is 0 Å². The molecule has 0 unspecified atom stereocenters. The van der Waals surface area contributed by atoms with Crippen molar-refractivity contribution in [3.05, 3.63) is 91.0 Å². The van der Waals surface area contributed by atoms with Crippen molar-refractivity contribution in [1.29, 1.82) is 0 Å². The average Bonchev–Trinajstić information content (AvgIpc) is 3.11. The molecule has 1 fully saturated rings. The van der Waals surface area contributed by atoms with Crippen LogP contribution in [-0.4, -0.2) is 29.6 Å². The van der Waals surface area contributed by atoms with E-state index in [1.807, 2.05) is 0 Å². The Morgan fingerprint density at radius 1 is 0.793 bits per heavy atom. The molecule has 1 heterocycles. The van der Waals surface area contributed by atoms with Gasteiger partial charge in [-0.15, -0.1) is 0 Å². The molecular weight excluding hydrogens is 373 g/mol. The molecule has 1 atom stereocenters. The van der Waals surface area contributed by atoms with Crippen molar-refractivity contribution in [3.8, 4) is 0 Å². The topological polar surface area (TPSA) is 20.3 Å². The Morgan fingerprint density at radius 3 is 1.59 bits per heavy atom. The Hall–Kier alpha value is -2.44. The number of amides is 1. The number of nitrogens with zero attached hydrogens (tertiary/aromatic N) is 1. The second kappa shape index (κ2) is 8.51. The number of carbonyl (C=O) groups is 1. The Morgan fingerprint density at radius 2 is 1.21 bits per heavy atom. The lowest BCUT2D eigenvalue weighted by Crippen LogP contribution is -2.43. The summed E-state index contributed by atoms with van der Waals surface area (Å²) >= 11 is 0. The van der Waals surface area contributed by atoms with Crippen molar-refractivity contribution >= 4 is 29.1 Å². The van der Waals surface area contributed by atoms with Crippen LogP contribution in [0.2, 0.25) is 0 Å². The van der Waals surface area contributed by atoms with Crippen molar-refractivity contribution < 1.29 is 4.79 Å². The van der Waals surface area contributed by atoms with Crippen LogP contribution in [0.25, 0.3) is 0 Å². The zero-order valence-electron chi connectivity index (χ0n) is 17.2. The summed E-state index contributed by atoms with van der Waals surface area (Å²) in [5.74, 6) is 0.805. The Bertz CT molecular complexity index is 844. The van der Waals surface area contributed by atoms with E-state index in [0.29, 0.717) is 11.8 Å². The van der Waals surface area contributed by atoms with Gasteiger partial charge < -0.3 is 4.90 Å². The zero-order valence-corrected chi connectivity index (χ0v) is 18.1. The largest absolute Gasteiger partial charge is 0.339 e. The minimum absolute atomic E-state index is 0.00606. The molecule has 1 aliphatic heterocycles. The number of likely N-dealkylation sites (tertiary alicyclic amines) is 1. The normalized spacial score (nSPS) is 17.1. The molecule has 0 aliphatic carbocycles. The van der Waals surface area contributed by atoms with Gasteiger partial charge in [-0.05, 0) is 42.3 Å². The third kappa shape index (κ3) is 3.63. The molecule has 0 spiro atoms. The summed E-state index contributed by atoms with van der Waals surface area (Å²) in [7, 11) is -2.13. The highest BCUT2D eigenvalue weighted by atomic mass is 31.2. The van der Waals surface area contributed by atoms with Crippen molar-refractivity contribution in [2.45, 2.75) is 25.9 Å². The fourth-order valence-electron chi connectivity index (χ4n) is 4.68. The lowest BCUT2D eigenvalue weighted by molar-refractivity contribution is -0.127. The minimum Gasteiger partial charge on any atom is -0.339 e. The molecule has 3 aromatic carbocycles. The molecule has 3 aromatic rings. The smallest absolute Gasteiger partial charge is 0.264 e. The molecule has 0 radical (unpaired) electrons. The Kier molecular flexibility index (Phi) is 5.83.